The van der Waals surface area contributed by atoms with Gasteiger partial charge in [-0.05, 0) is 55.9 Å². The van der Waals surface area contributed by atoms with Crippen molar-refractivity contribution in [2.45, 2.75) is 20.4 Å². The number of H-pyrrole nitrogens is 1. The number of hydrogen-bond acceptors (Lipinski definition) is 5. The Morgan fingerprint density at radius 1 is 1.28 bits per heavy atom. The monoisotopic (exact) mass is 407 g/mol. The van der Waals surface area contributed by atoms with Crippen molar-refractivity contribution in [1.82, 2.24) is 24.3 Å². The highest BCUT2D eigenvalue weighted by Gasteiger charge is 2.20. The molecule has 0 aliphatic heterocycles. The first-order valence-electron chi connectivity index (χ1n) is 8.93. The molecule has 1 aromatic carbocycles. The summed E-state index contributed by atoms with van der Waals surface area (Å²) in [4.78, 5) is 31.9. The van der Waals surface area contributed by atoms with Crippen molar-refractivity contribution < 1.29 is 9.90 Å². The number of rotatable bonds is 4. The molecular formula is C20H17N5O3S. The second-order valence-electron chi connectivity index (χ2n) is 6.52. The Hall–Kier alpha value is -3.59. The van der Waals surface area contributed by atoms with E-state index in [4.69, 9.17) is 12.2 Å². The number of aromatic amines is 1. The van der Waals surface area contributed by atoms with Crippen molar-refractivity contribution in [2.24, 2.45) is 0 Å². The molecule has 2 N–H and O–H groups in total. The van der Waals surface area contributed by atoms with Gasteiger partial charge in [0, 0.05) is 12.7 Å². The van der Waals surface area contributed by atoms with Gasteiger partial charge in [0.25, 0.3) is 5.56 Å². The van der Waals surface area contributed by atoms with Gasteiger partial charge in [-0.2, -0.15) is 5.10 Å². The highest BCUT2D eigenvalue weighted by atomic mass is 32.1. The van der Waals surface area contributed by atoms with Crippen molar-refractivity contribution in [2.75, 3.05) is 0 Å². The Kier molecular flexibility index (Phi) is 4.59. The minimum atomic E-state index is -1.22. The lowest BCUT2D eigenvalue weighted by Crippen LogP contribution is -2.18. The Balaban J connectivity index is 2.19. The van der Waals surface area contributed by atoms with Gasteiger partial charge in [0.1, 0.15) is 0 Å². The number of fused-ring (bicyclic) bond motifs is 1. The fourth-order valence-corrected chi connectivity index (χ4v) is 3.62. The number of aryl methyl sites for hydroxylation is 2. The van der Waals surface area contributed by atoms with E-state index in [1.807, 2.05) is 38.1 Å². The Bertz CT molecular complexity index is 1380. The predicted molar refractivity (Wildman–Crippen MR) is 111 cm³/mol. The fraction of sp³-hybridized carbons (Fsp3) is 0.150. The van der Waals surface area contributed by atoms with E-state index in [0.717, 1.165) is 5.56 Å². The van der Waals surface area contributed by atoms with Crippen molar-refractivity contribution in [3.63, 3.8) is 0 Å². The summed E-state index contributed by atoms with van der Waals surface area (Å²) in [7, 11) is 0. The molecule has 3 heterocycles. The SMILES string of the molecule is CCn1nccc1-c1cc(C(=O)O)c2c(=O)[nH]c(=S)n(-c3cccc(C)c3)c2n1. The molecule has 0 bridgehead atoms. The van der Waals surface area contributed by atoms with Crippen molar-refractivity contribution in [1.29, 1.82) is 0 Å². The molecule has 8 nitrogen and oxygen atoms in total. The van der Waals surface area contributed by atoms with Gasteiger partial charge in [-0.1, -0.05) is 12.1 Å². The van der Waals surface area contributed by atoms with E-state index in [9.17, 15) is 14.7 Å². The molecule has 4 rings (SSSR count). The van der Waals surface area contributed by atoms with E-state index >= 15 is 0 Å². The highest BCUT2D eigenvalue weighted by molar-refractivity contribution is 7.71. The van der Waals surface area contributed by atoms with Gasteiger partial charge in [0.15, 0.2) is 10.4 Å². The Morgan fingerprint density at radius 2 is 2.07 bits per heavy atom. The molecule has 0 saturated heterocycles. The van der Waals surface area contributed by atoms with Crippen LogP contribution in [-0.4, -0.2) is 35.4 Å². The molecule has 0 spiro atoms. The lowest BCUT2D eigenvalue weighted by Gasteiger charge is -2.14. The molecule has 0 radical (unpaired) electrons. The number of aromatic nitrogens is 5. The summed E-state index contributed by atoms with van der Waals surface area (Å²) < 4.78 is 3.43. The quantitative estimate of drug-likeness (QED) is 0.503. The van der Waals surface area contributed by atoms with Crippen molar-refractivity contribution in [3.8, 4) is 17.1 Å². The second-order valence-corrected chi connectivity index (χ2v) is 6.91. The van der Waals surface area contributed by atoms with Gasteiger partial charge in [0.05, 0.1) is 28.0 Å². The number of pyridine rings is 1. The first-order valence-corrected chi connectivity index (χ1v) is 9.34. The zero-order valence-corrected chi connectivity index (χ0v) is 16.5. The molecule has 0 aliphatic rings. The second kappa shape index (κ2) is 7.10. The summed E-state index contributed by atoms with van der Waals surface area (Å²) in [6.45, 7) is 4.45. The maximum atomic E-state index is 12.6. The molecule has 9 heteroatoms. The summed E-state index contributed by atoms with van der Waals surface area (Å²) >= 11 is 5.40. The number of benzene rings is 1. The number of nitrogens with zero attached hydrogens (tertiary/aromatic N) is 4. The number of carboxylic acids is 1. The van der Waals surface area contributed by atoms with E-state index in [1.54, 1.807) is 21.5 Å². The van der Waals surface area contributed by atoms with Gasteiger partial charge in [-0.3, -0.25) is 19.0 Å². The number of nitrogens with one attached hydrogen (secondary N) is 1. The van der Waals surface area contributed by atoms with Gasteiger partial charge < -0.3 is 5.11 Å². The number of carboxylic acid groups (broad SMARTS) is 1. The third-order valence-corrected chi connectivity index (χ3v) is 4.92. The third-order valence-electron chi connectivity index (χ3n) is 4.63. The Morgan fingerprint density at radius 3 is 2.76 bits per heavy atom. The normalized spacial score (nSPS) is 11.1. The number of carbonyl (C=O) groups is 1. The van der Waals surface area contributed by atoms with E-state index in [2.05, 4.69) is 15.1 Å². The van der Waals surface area contributed by atoms with Crippen LogP contribution in [0.4, 0.5) is 0 Å². The van der Waals surface area contributed by atoms with Gasteiger partial charge >= 0.3 is 5.97 Å². The molecule has 3 aromatic heterocycles. The summed E-state index contributed by atoms with van der Waals surface area (Å²) in [6.07, 6.45) is 1.62. The highest BCUT2D eigenvalue weighted by Crippen LogP contribution is 2.25. The van der Waals surface area contributed by atoms with Gasteiger partial charge in [-0.25, -0.2) is 9.78 Å². The van der Waals surface area contributed by atoms with E-state index < -0.39 is 11.5 Å². The fourth-order valence-electron chi connectivity index (χ4n) is 3.34. The molecule has 0 amide bonds. The minimum Gasteiger partial charge on any atom is -0.478 e. The van der Waals surface area contributed by atoms with Crippen LogP contribution in [0.15, 0.2) is 47.4 Å². The van der Waals surface area contributed by atoms with Gasteiger partial charge in [-0.15, -0.1) is 0 Å². The molecule has 146 valence electrons. The van der Waals surface area contributed by atoms with E-state index in [0.29, 0.717) is 23.6 Å². The maximum absolute atomic E-state index is 12.6. The van der Waals surface area contributed by atoms with Crippen LogP contribution in [0.1, 0.15) is 22.8 Å². The molecule has 0 saturated carbocycles. The molecule has 0 aliphatic carbocycles. The first kappa shape index (κ1) is 18.8. The van der Waals surface area contributed by atoms with Crippen LogP contribution in [0, 0.1) is 11.7 Å². The lowest BCUT2D eigenvalue weighted by atomic mass is 10.1. The number of hydrogen-bond donors (Lipinski definition) is 2. The zero-order chi connectivity index (χ0) is 20.7. The lowest BCUT2D eigenvalue weighted by molar-refractivity contribution is 0.0699. The largest absolute Gasteiger partial charge is 0.478 e. The van der Waals surface area contributed by atoms with Crippen LogP contribution >= 0.6 is 12.2 Å². The topological polar surface area (TPSA) is 106 Å². The summed E-state index contributed by atoms with van der Waals surface area (Å²) in [6, 6.07) is 10.7. The number of aromatic carboxylic acids is 1. The van der Waals surface area contributed by atoms with Gasteiger partial charge in [0.2, 0.25) is 0 Å². The van der Waals surface area contributed by atoms with Crippen molar-refractivity contribution in [3.05, 3.63) is 68.8 Å². The summed E-state index contributed by atoms with van der Waals surface area (Å²) in [5, 5.41) is 14.0. The molecule has 0 fully saturated rings. The molecule has 29 heavy (non-hydrogen) atoms. The molecule has 0 unspecified atom stereocenters. The summed E-state index contributed by atoms with van der Waals surface area (Å²) in [5.41, 5.74) is 2.17. The third kappa shape index (κ3) is 3.15. The average molecular weight is 407 g/mol. The Labute approximate surface area is 170 Å². The van der Waals surface area contributed by atoms with Crippen LogP contribution in [0.25, 0.3) is 28.1 Å². The average Bonchev–Trinajstić information content (AvgIpc) is 3.16. The standard InChI is InChI=1S/C20H17N5O3S/c1-3-24-15(7-8-21-24)14-10-13(19(27)28)16-17(22-14)25(20(29)23-18(16)26)12-6-4-5-11(2)9-12/h4-10H,3H2,1-2H3,(H,27,28)(H,23,26,29). The van der Waals surface area contributed by atoms with E-state index in [1.165, 1.54) is 6.07 Å². The van der Waals surface area contributed by atoms with Crippen LogP contribution in [0.2, 0.25) is 0 Å². The minimum absolute atomic E-state index is 0.0288. The maximum Gasteiger partial charge on any atom is 0.336 e. The smallest absolute Gasteiger partial charge is 0.336 e. The van der Waals surface area contributed by atoms with Crippen LogP contribution in [-0.2, 0) is 6.54 Å². The van der Waals surface area contributed by atoms with Crippen LogP contribution in [0.3, 0.4) is 0 Å². The van der Waals surface area contributed by atoms with Crippen molar-refractivity contribution >= 4 is 29.2 Å². The molecular weight excluding hydrogens is 390 g/mol. The van der Waals surface area contributed by atoms with E-state index in [-0.39, 0.29) is 21.4 Å². The summed E-state index contributed by atoms with van der Waals surface area (Å²) in [5.74, 6) is -1.22. The molecule has 0 atom stereocenters. The predicted octanol–water partition coefficient (Wildman–Crippen LogP) is 3.33. The van der Waals surface area contributed by atoms with Crippen LogP contribution < -0.4 is 5.56 Å². The van der Waals surface area contributed by atoms with Crippen LogP contribution in [0.5, 0.6) is 0 Å². The first-order chi connectivity index (χ1) is 13.9. The zero-order valence-electron chi connectivity index (χ0n) is 15.7. The molecule has 4 aromatic rings.